The molecule has 1 aromatic rings. The fourth-order valence-corrected chi connectivity index (χ4v) is 10.4. The SMILES string of the molecule is CSc1ccc(CN2C[C@@H]3C[C@H]4[C@@H]5C[C@H](F)C6=CC(=O)C=C[C@]6(C)[C@@]5(F)[C@@H](O)C[C@]4(C)[C@]3(C(=O)CO)O2)s1. The molecule has 4 fully saturated rings. The average molecular weight is 566 g/mol. The molecule has 9 atom stereocenters. The van der Waals surface area contributed by atoms with Crippen LogP contribution < -0.4 is 0 Å². The van der Waals surface area contributed by atoms with Crippen LogP contribution in [0.3, 0.4) is 0 Å². The molecule has 38 heavy (non-hydrogen) atoms. The monoisotopic (exact) mass is 565 g/mol. The topological polar surface area (TPSA) is 87.1 Å². The number of aliphatic hydroxyl groups is 2. The number of alkyl halides is 2. The van der Waals surface area contributed by atoms with Gasteiger partial charge >= 0.3 is 0 Å². The Balaban J connectivity index is 1.39. The van der Waals surface area contributed by atoms with Crippen molar-refractivity contribution in [2.45, 2.75) is 67.4 Å². The number of thioether (sulfide) groups is 1. The van der Waals surface area contributed by atoms with E-state index in [-0.39, 0.29) is 30.1 Å². The maximum atomic E-state index is 17.4. The van der Waals surface area contributed by atoms with Crippen molar-refractivity contribution in [1.82, 2.24) is 5.06 Å². The Morgan fingerprint density at radius 3 is 2.74 bits per heavy atom. The highest BCUT2D eigenvalue weighted by Gasteiger charge is 2.79. The number of rotatable bonds is 5. The molecule has 0 radical (unpaired) electrons. The molecule has 0 bridgehead atoms. The van der Waals surface area contributed by atoms with Crippen molar-refractivity contribution in [2.24, 2.45) is 28.6 Å². The molecule has 0 aromatic carbocycles. The van der Waals surface area contributed by atoms with E-state index in [1.165, 1.54) is 22.4 Å². The lowest BCUT2D eigenvalue weighted by Gasteiger charge is -2.63. The van der Waals surface area contributed by atoms with Crippen LogP contribution in [-0.4, -0.2) is 69.8 Å². The number of nitrogens with zero attached hydrogens (tertiary/aromatic N) is 1. The Morgan fingerprint density at radius 1 is 1.29 bits per heavy atom. The summed E-state index contributed by atoms with van der Waals surface area (Å²) in [5, 5.41) is 23.4. The first-order valence-electron chi connectivity index (χ1n) is 13.1. The van der Waals surface area contributed by atoms with Gasteiger partial charge in [-0.3, -0.25) is 14.4 Å². The van der Waals surface area contributed by atoms with Crippen molar-refractivity contribution in [1.29, 1.82) is 0 Å². The number of hydrogen-bond donors (Lipinski definition) is 2. The molecule has 206 valence electrons. The predicted molar refractivity (Wildman–Crippen MR) is 140 cm³/mol. The molecule has 3 saturated carbocycles. The van der Waals surface area contributed by atoms with Crippen molar-refractivity contribution in [3.05, 3.63) is 40.8 Å². The minimum Gasteiger partial charge on any atom is -0.390 e. The third kappa shape index (κ3) is 3.25. The molecule has 0 amide bonds. The average Bonchev–Trinajstić information content (AvgIpc) is 3.55. The number of hydrogen-bond acceptors (Lipinski definition) is 8. The van der Waals surface area contributed by atoms with Crippen LogP contribution in [0.2, 0.25) is 0 Å². The number of allylic oxidation sites excluding steroid dienone is 4. The Morgan fingerprint density at radius 2 is 2.05 bits per heavy atom. The zero-order chi connectivity index (χ0) is 27.3. The summed E-state index contributed by atoms with van der Waals surface area (Å²) in [5.41, 5.74) is -6.06. The summed E-state index contributed by atoms with van der Waals surface area (Å²) >= 11 is 3.30. The summed E-state index contributed by atoms with van der Waals surface area (Å²) in [4.78, 5) is 33.2. The number of thiophene rings is 1. The Labute approximate surface area is 229 Å². The first kappa shape index (κ1) is 26.8. The molecule has 2 heterocycles. The lowest BCUT2D eigenvalue weighted by molar-refractivity contribution is -0.269. The van der Waals surface area contributed by atoms with Crippen molar-refractivity contribution in [3.8, 4) is 0 Å². The van der Waals surface area contributed by atoms with Gasteiger partial charge in [0.05, 0.1) is 16.9 Å². The van der Waals surface area contributed by atoms with E-state index in [2.05, 4.69) is 0 Å². The number of hydroxylamine groups is 2. The highest BCUT2D eigenvalue weighted by Crippen LogP contribution is 2.72. The summed E-state index contributed by atoms with van der Waals surface area (Å²) in [6.45, 7) is 3.57. The molecule has 2 N–H and O–H groups in total. The molecule has 10 heteroatoms. The number of halogens is 2. The Kier molecular flexibility index (Phi) is 6.19. The van der Waals surface area contributed by atoms with E-state index < -0.39 is 58.6 Å². The quantitative estimate of drug-likeness (QED) is 0.521. The van der Waals surface area contributed by atoms with Gasteiger partial charge in [0.25, 0.3) is 0 Å². The van der Waals surface area contributed by atoms with Crippen molar-refractivity contribution >= 4 is 34.7 Å². The van der Waals surface area contributed by atoms with Gasteiger partial charge in [0.2, 0.25) is 0 Å². The fraction of sp³-hybridized carbons (Fsp3) is 0.643. The van der Waals surface area contributed by atoms with Crippen LogP contribution >= 0.6 is 23.1 Å². The summed E-state index contributed by atoms with van der Waals surface area (Å²) in [6.07, 6.45) is 2.98. The van der Waals surface area contributed by atoms with E-state index >= 15 is 8.78 Å². The molecular formula is C28H33F2NO5S2. The van der Waals surface area contributed by atoms with Crippen LogP contribution in [0.15, 0.2) is 40.1 Å². The lowest BCUT2D eigenvalue weighted by atomic mass is 9.44. The van der Waals surface area contributed by atoms with Gasteiger partial charge < -0.3 is 10.2 Å². The zero-order valence-electron chi connectivity index (χ0n) is 21.7. The Hall–Kier alpha value is -1.43. The fourth-order valence-electron chi connectivity index (χ4n) is 8.76. The van der Waals surface area contributed by atoms with Gasteiger partial charge in [-0.15, -0.1) is 23.1 Å². The van der Waals surface area contributed by atoms with E-state index in [9.17, 15) is 19.8 Å². The van der Waals surface area contributed by atoms with E-state index in [0.717, 1.165) is 4.88 Å². The second kappa shape index (κ2) is 8.78. The van der Waals surface area contributed by atoms with Crippen LogP contribution in [0.25, 0.3) is 0 Å². The van der Waals surface area contributed by atoms with Crippen LogP contribution in [-0.2, 0) is 21.0 Å². The molecule has 6 nitrogen and oxygen atoms in total. The molecule has 1 aliphatic heterocycles. The van der Waals surface area contributed by atoms with Crippen LogP contribution in [0.4, 0.5) is 8.78 Å². The van der Waals surface area contributed by atoms with Crippen LogP contribution in [0, 0.1) is 28.6 Å². The van der Waals surface area contributed by atoms with Crippen molar-refractivity contribution in [2.75, 3.05) is 19.4 Å². The molecule has 5 aliphatic rings. The maximum absolute atomic E-state index is 17.4. The minimum absolute atomic E-state index is 0.0714. The molecule has 4 aliphatic carbocycles. The second-order valence-corrected chi connectivity index (χ2v) is 14.2. The third-order valence-corrected chi connectivity index (χ3v) is 12.6. The second-order valence-electron chi connectivity index (χ2n) is 11.9. The minimum atomic E-state index is -2.21. The smallest absolute Gasteiger partial charge is 0.192 e. The first-order chi connectivity index (χ1) is 17.9. The van der Waals surface area contributed by atoms with Gasteiger partial charge in [0, 0.05) is 34.1 Å². The largest absolute Gasteiger partial charge is 0.390 e. The molecule has 1 aromatic heterocycles. The number of aliphatic hydroxyl groups excluding tert-OH is 2. The number of carbonyl (C=O) groups is 2. The van der Waals surface area contributed by atoms with Gasteiger partial charge in [0.1, 0.15) is 12.8 Å². The van der Waals surface area contributed by atoms with Gasteiger partial charge in [-0.2, -0.15) is 5.06 Å². The van der Waals surface area contributed by atoms with Gasteiger partial charge in [-0.1, -0.05) is 13.0 Å². The van der Waals surface area contributed by atoms with Crippen molar-refractivity contribution < 1.29 is 33.4 Å². The van der Waals surface area contributed by atoms with Gasteiger partial charge in [-0.05, 0) is 68.2 Å². The van der Waals surface area contributed by atoms with E-state index in [1.807, 2.05) is 25.3 Å². The summed E-state index contributed by atoms with van der Waals surface area (Å²) < 4.78 is 34.3. The standard InChI is InChI=1S/C28H33F2NO5S2/c1-25-7-6-16(33)9-20(25)21(29)10-19-18-8-15-12-31(13-17-4-5-24(37-3)38-17)36-28(15,23(35)14-32)26(18,2)11-22(34)27(19,25)30/h4-7,9,15,18-19,21-22,32,34H,8,10-14H2,1-3H3/t15-,18-,19-,21-,22-,25-,26-,27-,28-/m0/s1. The Bertz CT molecular complexity index is 1250. The highest BCUT2D eigenvalue weighted by atomic mass is 32.2. The first-order valence-corrected chi connectivity index (χ1v) is 15.2. The molecule has 0 spiro atoms. The number of Topliss-reactive ketones (excluding diaryl/α,β-unsaturated/α-hetero) is 1. The van der Waals surface area contributed by atoms with Crippen LogP contribution in [0.5, 0.6) is 0 Å². The number of carbonyl (C=O) groups excluding carboxylic acids is 2. The number of ketones is 2. The molecule has 1 saturated heterocycles. The highest BCUT2D eigenvalue weighted by molar-refractivity contribution is 8.00. The molecule has 6 rings (SSSR count). The maximum Gasteiger partial charge on any atom is 0.192 e. The normalized spacial score (nSPS) is 45.8. The molecule has 0 unspecified atom stereocenters. The summed E-state index contributed by atoms with van der Waals surface area (Å²) in [5.74, 6) is -2.54. The zero-order valence-corrected chi connectivity index (χ0v) is 23.3. The molecular weight excluding hydrogens is 532 g/mol. The van der Waals surface area contributed by atoms with Gasteiger partial charge in [0.15, 0.2) is 22.8 Å². The van der Waals surface area contributed by atoms with Gasteiger partial charge in [-0.25, -0.2) is 8.78 Å². The predicted octanol–water partition coefficient (Wildman–Crippen LogP) is 4.06. The van der Waals surface area contributed by atoms with Crippen LogP contribution in [0.1, 0.15) is 38.0 Å². The summed E-state index contributed by atoms with van der Waals surface area (Å²) in [7, 11) is 0. The van der Waals surface area contributed by atoms with E-state index in [1.54, 1.807) is 35.1 Å². The van der Waals surface area contributed by atoms with E-state index in [0.29, 0.717) is 19.5 Å². The lowest BCUT2D eigenvalue weighted by Crippen LogP contribution is -2.70. The third-order valence-electron chi connectivity index (χ3n) is 10.4. The van der Waals surface area contributed by atoms with E-state index in [4.69, 9.17) is 4.84 Å². The number of fused-ring (bicyclic) bond motifs is 7. The van der Waals surface area contributed by atoms with Crippen molar-refractivity contribution in [3.63, 3.8) is 0 Å². The summed E-state index contributed by atoms with van der Waals surface area (Å²) in [6, 6.07) is 4.07.